The molecule has 6 nitrogen and oxygen atoms in total. The Bertz CT molecular complexity index is 684. The molecule has 0 radical (unpaired) electrons. The van der Waals surface area contributed by atoms with Crippen molar-refractivity contribution in [1.29, 1.82) is 0 Å². The molecule has 6 N–H and O–H groups in total. The first-order chi connectivity index (χ1) is 8.85. The van der Waals surface area contributed by atoms with Gasteiger partial charge >= 0.3 is 0 Å². The van der Waals surface area contributed by atoms with Gasteiger partial charge in [0, 0.05) is 0 Å². The summed E-state index contributed by atoms with van der Waals surface area (Å²) in [6.45, 7) is 0. The van der Waals surface area contributed by atoms with Crippen molar-refractivity contribution >= 4 is 21.2 Å². The van der Waals surface area contributed by atoms with E-state index >= 15 is 0 Å². The van der Waals surface area contributed by atoms with Crippen LogP contribution in [0.15, 0.2) is 46.2 Å². The molecule has 2 aromatic carbocycles. The van der Waals surface area contributed by atoms with Gasteiger partial charge < -0.3 is 21.7 Å². The van der Waals surface area contributed by atoms with E-state index in [1.54, 1.807) is 0 Å². The Morgan fingerprint density at radius 3 is 1.53 bits per heavy atom. The van der Waals surface area contributed by atoms with Gasteiger partial charge in [0.2, 0.25) is 9.84 Å². The van der Waals surface area contributed by atoms with Gasteiger partial charge in [-0.05, 0) is 24.3 Å². The minimum atomic E-state index is -4.02. The van der Waals surface area contributed by atoms with Crippen molar-refractivity contribution in [2.75, 3.05) is 11.5 Å². The maximum atomic E-state index is 12.4. The quantitative estimate of drug-likeness (QED) is 0.482. The van der Waals surface area contributed by atoms with E-state index in [-0.39, 0.29) is 32.7 Å². The topological polar surface area (TPSA) is 127 Å². The van der Waals surface area contributed by atoms with Crippen LogP contribution in [0.25, 0.3) is 0 Å². The molecule has 0 saturated heterocycles. The molecule has 0 fully saturated rings. The lowest BCUT2D eigenvalue weighted by molar-refractivity contribution is 0.476. The molecule has 0 aliphatic rings. The highest BCUT2D eigenvalue weighted by Gasteiger charge is 2.25. The molecular formula is C12H12N2O4S. The molecule has 0 heterocycles. The number of nitrogen functional groups attached to an aromatic ring is 2. The summed E-state index contributed by atoms with van der Waals surface area (Å²) in [5.74, 6) is -0.667. The Labute approximate surface area is 109 Å². The van der Waals surface area contributed by atoms with Crippen LogP contribution in [0.1, 0.15) is 0 Å². The number of phenolic OH excluding ortho intramolecular Hbond substituents is 2. The van der Waals surface area contributed by atoms with Gasteiger partial charge in [0.05, 0.1) is 21.2 Å². The van der Waals surface area contributed by atoms with Crippen LogP contribution in [-0.2, 0) is 9.84 Å². The first-order valence-corrected chi connectivity index (χ1v) is 6.74. The van der Waals surface area contributed by atoms with E-state index in [0.29, 0.717) is 0 Å². The maximum Gasteiger partial charge on any atom is 0.210 e. The third-order valence-electron chi connectivity index (χ3n) is 2.67. The standard InChI is InChI=1S/C12H12N2O4S/c13-11-7(15)3-1-5-9(11)19(17,18)10-6-2-4-8(16)12(10)14/h1-6,15-16H,13-14H2. The predicted octanol–water partition coefficient (Wildman–Crippen LogP) is 1.09. The summed E-state index contributed by atoms with van der Waals surface area (Å²) in [6, 6.07) is 7.79. The number of hydrogen-bond acceptors (Lipinski definition) is 6. The third-order valence-corrected chi connectivity index (χ3v) is 4.54. The predicted molar refractivity (Wildman–Crippen MR) is 70.5 cm³/mol. The highest BCUT2D eigenvalue weighted by molar-refractivity contribution is 7.91. The van der Waals surface area contributed by atoms with Crippen molar-refractivity contribution in [3.05, 3.63) is 36.4 Å². The van der Waals surface area contributed by atoms with Gasteiger partial charge in [-0.25, -0.2) is 8.42 Å². The molecule has 0 saturated carbocycles. The number of nitrogens with two attached hydrogens (primary N) is 2. The average Bonchev–Trinajstić information content (AvgIpc) is 2.35. The maximum absolute atomic E-state index is 12.4. The fourth-order valence-corrected chi connectivity index (χ4v) is 3.19. The van der Waals surface area contributed by atoms with Gasteiger partial charge in [0.15, 0.2) is 0 Å². The smallest absolute Gasteiger partial charge is 0.210 e. The Morgan fingerprint density at radius 1 is 0.789 bits per heavy atom. The molecule has 2 rings (SSSR count). The second-order valence-electron chi connectivity index (χ2n) is 3.88. The zero-order valence-electron chi connectivity index (χ0n) is 9.74. The molecule has 0 unspecified atom stereocenters. The molecule has 100 valence electrons. The number of rotatable bonds is 2. The number of aromatic hydroxyl groups is 2. The second kappa shape index (κ2) is 4.36. The van der Waals surface area contributed by atoms with Crippen LogP contribution < -0.4 is 11.5 Å². The monoisotopic (exact) mass is 280 g/mol. The zero-order chi connectivity index (χ0) is 14.2. The van der Waals surface area contributed by atoms with Crippen molar-refractivity contribution in [3.8, 4) is 11.5 Å². The van der Waals surface area contributed by atoms with Crippen molar-refractivity contribution in [1.82, 2.24) is 0 Å². The van der Waals surface area contributed by atoms with Crippen molar-refractivity contribution in [2.24, 2.45) is 0 Å². The van der Waals surface area contributed by atoms with Crippen LogP contribution in [0.4, 0.5) is 11.4 Å². The number of hydrogen-bond donors (Lipinski definition) is 4. The summed E-state index contributed by atoms with van der Waals surface area (Å²) >= 11 is 0. The van der Waals surface area contributed by atoms with Gasteiger partial charge in [-0.3, -0.25) is 0 Å². The van der Waals surface area contributed by atoms with E-state index in [2.05, 4.69) is 0 Å². The van der Waals surface area contributed by atoms with Gasteiger partial charge in [0.1, 0.15) is 11.5 Å². The highest BCUT2D eigenvalue weighted by Crippen LogP contribution is 2.36. The summed E-state index contributed by atoms with van der Waals surface area (Å²) in [7, 11) is -4.02. The Hall–Kier alpha value is -2.41. The van der Waals surface area contributed by atoms with E-state index < -0.39 is 9.84 Å². The van der Waals surface area contributed by atoms with Gasteiger partial charge in [0.25, 0.3) is 0 Å². The summed E-state index contributed by atoms with van der Waals surface area (Å²) in [6.07, 6.45) is 0. The summed E-state index contributed by atoms with van der Waals surface area (Å²) in [5.41, 5.74) is 10.6. The molecule has 0 aliphatic heterocycles. The molecule has 7 heteroatoms. The number of anilines is 2. The van der Waals surface area contributed by atoms with Crippen molar-refractivity contribution < 1.29 is 18.6 Å². The van der Waals surface area contributed by atoms with Gasteiger partial charge in [-0.1, -0.05) is 12.1 Å². The first kappa shape index (κ1) is 13.0. The first-order valence-electron chi connectivity index (χ1n) is 5.25. The third kappa shape index (κ3) is 2.04. The lowest BCUT2D eigenvalue weighted by Gasteiger charge is -2.11. The molecule has 0 atom stereocenters. The molecular weight excluding hydrogens is 268 g/mol. The zero-order valence-corrected chi connectivity index (χ0v) is 10.6. The lowest BCUT2D eigenvalue weighted by atomic mass is 10.3. The van der Waals surface area contributed by atoms with Crippen LogP contribution in [0.2, 0.25) is 0 Å². The number of para-hydroxylation sites is 2. The van der Waals surface area contributed by atoms with Crippen LogP contribution in [0, 0.1) is 0 Å². The van der Waals surface area contributed by atoms with Gasteiger partial charge in [-0.2, -0.15) is 0 Å². The Kier molecular flexibility index (Phi) is 2.99. The molecule has 19 heavy (non-hydrogen) atoms. The van der Waals surface area contributed by atoms with Gasteiger partial charge in [-0.15, -0.1) is 0 Å². The van der Waals surface area contributed by atoms with E-state index in [4.69, 9.17) is 11.5 Å². The van der Waals surface area contributed by atoms with Crippen LogP contribution in [0.5, 0.6) is 11.5 Å². The van der Waals surface area contributed by atoms with Crippen LogP contribution in [0.3, 0.4) is 0 Å². The molecule has 0 amide bonds. The van der Waals surface area contributed by atoms with E-state index in [1.807, 2.05) is 0 Å². The summed E-state index contributed by atoms with van der Waals surface area (Å²) in [4.78, 5) is -0.519. The SMILES string of the molecule is Nc1c(O)cccc1S(=O)(=O)c1cccc(O)c1N. The lowest BCUT2D eigenvalue weighted by Crippen LogP contribution is -2.08. The van der Waals surface area contributed by atoms with E-state index in [1.165, 1.54) is 36.4 Å². The average molecular weight is 280 g/mol. The molecule has 0 aliphatic carbocycles. The molecule has 2 aromatic rings. The summed E-state index contributed by atoms with van der Waals surface area (Å²) < 4.78 is 24.8. The summed E-state index contributed by atoms with van der Waals surface area (Å²) in [5, 5.41) is 18.9. The molecule has 0 aromatic heterocycles. The normalized spacial score (nSPS) is 11.4. The fraction of sp³-hybridized carbons (Fsp3) is 0. The van der Waals surface area contributed by atoms with Crippen molar-refractivity contribution in [3.63, 3.8) is 0 Å². The number of phenols is 2. The minimum absolute atomic E-state index is 0.259. The largest absolute Gasteiger partial charge is 0.506 e. The number of sulfone groups is 1. The number of benzene rings is 2. The second-order valence-corrected chi connectivity index (χ2v) is 5.77. The Balaban J connectivity index is 2.73. The minimum Gasteiger partial charge on any atom is -0.506 e. The van der Waals surface area contributed by atoms with Crippen LogP contribution >= 0.6 is 0 Å². The van der Waals surface area contributed by atoms with Crippen LogP contribution in [-0.4, -0.2) is 18.6 Å². The fourth-order valence-electron chi connectivity index (χ4n) is 1.65. The highest BCUT2D eigenvalue weighted by atomic mass is 32.2. The Morgan fingerprint density at radius 2 is 1.16 bits per heavy atom. The van der Waals surface area contributed by atoms with E-state index in [9.17, 15) is 18.6 Å². The molecule has 0 spiro atoms. The van der Waals surface area contributed by atoms with Crippen molar-refractivity contribution in [2.45, 2.75) is 9.79 Å². The van der Waals surface area contributed by atoms with E-state index in [0.717, 1.165) is 0 Å². The molecule has 0 bridgehead atoms.